The number of carbonyl (C=O) groups excluding carboxylic acids is 3. The number of carbonyl (C=O) groups is 3. The van der Waals surface area contributed by atoms with Gasteiger partial charge in [-0.2, -0.15) is 35.3 Å². The topological polar surface area (TPSA) is 51.2 Å². The second-order valence-corrected chi connectivity index (χ2v) is 11.4. The van der Waals surface area contributed by atoms with Crippen molar-refractivity contribution in [3.8, 4) is 0 Å². The average molecular weight is 585 g/mol. The monoisotopic (exact) mass is 584 g/mol. The van der Waals surface area contributed by atoms with Crippen LogP contribution >= 0.6 is 73.2 Å². The third-order valence-corrected chi connectivity index (χ3v) is 8.17. The van der Waals surface area contributed by atoms with E-state index >= 15 is 0 Å². The summed E-state index contributed by atoms with van der Waals surface area (Å²) < 4.78 is 0. The summed E-state index contributed by atoms with van der Waals surface area (Å²) in [5, 5.41) is 1.88. The fourth-order valence-corrected chi connectivity index (χ4v) is 5.47. The molecule has 3 aliphatic rings. The summed E-state index contributed by atoms with van der Waals surface area (Å²) in [7, 11) is 0. The second kappa shape index (κ2) is 16.3. The summed E-state index contributed by atoms with van der Waals surface area (Å²) in [5.74, 6) is 3.68. The molecule has 0 bridgehead atoms. The van der Waals surface area contributed by atoms with Gasteiger partial charge in [-0.3, -0.25) is 14.4 Å². The molecule has 0 aromatic heterocycles. The third-order valence-electron chi connectivity index (χ3n) is 3.59. The van der Waals surface area contributed by atoms with Crippen molar-refractivity contribution < 1.29 is 56.1 Å². The summed E-state index contributed by atoms with van der Waals surface area (Å²) in [4.78, 5) is 30.9. The zero-order chi connectivity index (χ0) is 17.9. The first kappa shape index (κ1) is 27.5. The predicted octanol–water partition coefficient (Wildman–Crippen LogP) is 4.02. The van der Waals surface area contributed by atoms with Crippen molar-refractivity contribution in [3.63, 3.8) is 0 Å². The SMILES string of the molecule is O=C(S)CC1CCS1.O=C(S)CC1CCS1.O=C(S)CC1CCS1.[Ce+3]. The molecule has 10 heteroatoms. The molecule has 3 aliphatic heterocycles. The van der Waals surface area contributed by atoms with Crippen LogP contribution in [0.15, 0.2) is 0 Å². The van der Waals surface area contributed by atoms with Crippen molar-refractivity contribution >= 4 is 88.5 Å². The Bertz CT molecular complexity index is 364. The van der Waals surface area contributed by atoms with Gasteiger partial charge in [0.25, 0.3) is 0 Å². The van der Waals surface area contributed by atoms with Crippen molar-refractivity contribution in [1.82, 2.24) is 0 Å². The maximum atomic E-state index is 10.3. The van der Waals surface area contributed by atoms with Gasteiger partial charge in [-0.15, -0.1) is 37.9 Å². The summed E-state index contributed by atoms with van der Waals surface area (Å²) >= 11 is 16.6. The Hall–Kier alpha value is 2.49. The summed E-state index contributed by atoms with van der Waals surface area (Å²) in [6.45, 7) is 0. The molecule has 3 atom stereocenters. The molecule has 0 aromatic rings. The van der Waals surface area contributed by atoms with Gasteiger partial charge in [-0.05, 0) is 36.5 Å². The molecule has 0 aromatic carbocycles. The first-order valence-electron chi connectivity index (χ1n) is 7.87. The number of thioether (sulfide) groups is 3. The van der Waals surface area contributed by atoms with Gasteiger partial charge in [-0.1, -0.05) is 0 Å². The molecule has 0 aliphatic carbocycles. The fraction of sp³-hybridized carbons (Fsp3) is 0.800. The van der Waals surface area contributed by atoms with Gasteiger partial charge in [0, 0.05) is 35.0 Å². The molecule has 25 heavy (non-hydrogen) atoms. The van der Waals surface area contributed by atoms with E-state index in [1.54, 1.807) is 0 Å². The molecule has 3 saturated heterocycles. The zero-order valence-corrected chi connectivity index (χ0v) is 22.2. The Balaban J connectivity index is 0.000000339. The van der Waals surface area contributed by atoms with Crippen LogP contribution in [0.3, 0.4) is 0 Å². The molecule has 3 nitrogen and oxygen atoms in total. The predicted molar refractivity (Wildman–Crippen MR) is 118 cm³/mol. The number of thiol groups is 3. The molecular formula is C15H24CeO3S6+3. The Morgan fingerprint density at radius 1 is 0.640 bits per heavy atom. The molecule has 1 radical (unpaired) electrons. The Morgan fingerprint density at radius 2 is 0.840 bits per heavy atom. The molecule has 3 fully saturated rings. The standard InChI is InChI=1S/3C5H8OS2.Ce/c3*6-5(7)3-4-1-2-8-4;/h3*4H,1-3H2,(H,6,7);/q;;;+3. The van der Waals surface area contributed by atoms with E-state index in [1.165, 1.54) is 36.5 Å². The minimum Gasteiger partial charge on any atom is -0.287 e. The maximum Gasteiger partial charge on any atom is 3.00 e. The van der Waals surface area contributed by atoms with Crippen LogP contribution in [-0.2, 0) is 14.4 Å². The van der Waals surface area contributed by atoms with E-state index in [1.807, 2.05) is 35.3 Å². The van der Waals surface area contributed by atoms with Crippen LogP contribution in [0.5, 0.6) is 0 Å². The van der Waals surface area contributed by atoms with Crippen LogP contribution in [0.2, 0.25) is 0 Å². The molecule has 3 rings (SSSR count). The summed E-state index contributed by atoms with van der Waals surface area (Å²) in [5.41, 5.74) is 0. The molecule has 3 unspecified atom stereocenters. The zero-order valence-electron chi connectivity index (χ0n) is 13.9. The first-order valence-corrected chi connectivity index (χ1v) is 12.4. The van der Waals surface area contributed by atoms with Gasteiger partial charge < -0.3 is 0 Å². The van der Waals surface area contributed by atoms with E-state index in [-0.39, 0.29) is 57.1 Å². The summed E-state index contributed by atoms with van der Waals surface area (Å²) in [6, 6.07) is 0. The minimum absolute atomic E-state index is 0. The van der Waals surface area contributed by atoms with Gasteiger partial charge in [0.15, 0.2) is 15.3 Å². The van der Waals surface area contributed by atoms with Crippen LogP contribution in [0, 0.1) is 41.7 Å². The van der Waals surface area contributed by atoms with E-state index in [0.717, 1.165) is 0 Å². The fourth-order valence-electron chi connectivity index (χ4n) is 1.92. The third kappa shape index (κ3) is 15.0. The van der Waals surface area contributed by atoms with Crippen molar-refractivity contribution in [2.24, 2.45) is 0 Å². The number of hydrogen-bond acceptors (Lipinski definition) is 6. The van der Waals surface area contributed by atoms with Crippen LogP contribution < -0.4 is 0 Å². The van der Waals surface area contributed by atoms with Gasteiger partial charge in [0.05, 0.1) is 0 Å². The van der Waals surface area contributed by atoms with E-state index in [2.05, 4.69) is 37.9 Å². The van der Waals surface area contributed by atoms with E-state index in [4.69, 9.17) is 0 Å². The van der Waals surface area contributed by atoms with Crippen LogP contribution in [0.1, 0.15) is 38.5 Å². The molecule has 0 spiro atoms. The molecule has 0 N–H and O–H groups in total. The Morgan fingerprint density at radius 3 is 0.880 bits per heavy atom. The smallest absolute Gasteiger partial charge is 0.287 e. The first-order chi connectivity index (χ1) is 11.4. The molecule has 3 heterocycles. The van der Waals surface area contributed by atoms with Crippen molar-refractivity contribution in [2.75, 3.05) is 17.3 Å². The Kier molecular flexibility index (Phi) is 17.9. The minimum atomic E-state index is 0. The van der Waals surface area contributed by atoms with Crippen LogP contribution in [0.25, 0.3) is 0 Å². The number of rotatable bonds is 6. The Labute approximate surface area is 213 Å². The van der Waals surface area contributed by atoms with Crippen LogP contribution in [0.4, 0.5) is 0 Å². The molecule has 0 saturated carbocycles. The number of hydrogen-bond donors (Lipinski definition) is 3. The molecule has 139 valence electrons. The van der Waals surface area contributed by atoms with Gasteiger partial charge >= 0.3 is 41.7 Å². The summed E-state index contributed by atoms with van der Waals surface area (Å²) in [6.07, 6.45) is 5.60. The maximum absolute atomic E-state index is 10.3. The van der Waals surface area contributed by atoms with Crippen LogP contribution in [-0.4, -0.2) is 48.4 Å². The van der Waals surface area contributed by atoms with E-state index in [0.29, 0.717) is 35.0 Å². The second-order valence-electron chi connectivity index (χ2n) is 5.64. The molecule has 0 amide bonds. The van der Waals surface area contributed by atoms with Gasteiger partial charge in [-0.25, -0.2) is 0 Å². The average Bonchev–Trinajstić information content (AvgIpc) is 2.35. The van der Waals surface area contributed by atoms with Gasteiger partial charge in [0.1, 0.15) is 0 Å². The van der Waals surface area contributed by atoms with Crippen molar-refractivity contribution in [2.45, 2.75) is 54.3 Å². The van der Waals surface area contributed by atoms with E-state index in [9.17, 15) is 14.4 Å². The van der Waals surface area contributed by atoms with Gasteiger partial charge in [0.2, 0.25) is 0 Å². The normalized spacial score (nSPS) is 25.8. The van der Waals surface area contributed by atoms with E-state index < -0.39 is 0 Å². The van der Waals surface area contributed by atoms with Crippen molar-refractivity contribution in [3.05, 3.63) is 0 Å². The largest absolute Gasteiger partial charge is 3.00 e. The van der Waals surface area contributed by atoms with Crippen molar-refractivity contribution in [1.29, 1.82) is 0 Å². The quantitative estimate of drug-likeness (QED) is 0.411. The molecular weight excluding hydrogens is 561 g/mol.